The number of benzene rings is 2. The average Bonchev–Trinajstić information content (AvgIpc) is 3.28. The van der Waals surface area contributed by atoms with Crippen molar-refractivity contribution in [1.82, 2.24) is 19.9 Å². The van der Waals surface area contributed by atoms with Gasteiger partial charge in [0.1, 0.15) is 19.4 Å². The predicted molar refractivity (Wildman–Crippen MR) is 139 cm³/mol. The van der Waals surface area contributed by atoms with Crippen LogP contribution in [0.3, 0.4) is 0 Å². The zero-order valence-corrected chi connectivity index (χ0v) is 19.6. The predicted octanol–water partition coefficient (Wildman–Crippen LogP) is 3.79. The van der Waals surface area contributed by atoms with E-state index in [1.807, 2.05) is 18.2 Å². The quantitative estimate of drug-likeness (QED) is 0.286. The van der Waals surface area contributed by atoms with E-state index in [0.29, 0.717) is 52.8 Å². The highest BCUT2D eigenvalue weighted by molar-refractivity contribution is 6.36. The Bertz CT molecular complexity index is 1330. The maximum Gasteiger partial charge on any atom is 0.251 e. The minimum absolute atomic E-state index is 0.0971. The molecule has 1 saturated carbocycles. The van der Waals surface area contributed by atoms with E-state index in [1.165, 1.54) is 37.7 Å². The van der Waals surface area contributed by atoms with Gasteiger partial charge < -0.3 is 15.7 Å². The molecule has 7 nitrogen and oxygen atoms in total. The minimum Gasteiger partial charge on any atom is -0.507 e. The Morgan fingerprint density at radius 2 is 1.83 bits per heavy atom. The summed E-state index contributed by atoms with van der Waals surface area (Å²) in [6, 6.07) is 16.9. The molecule has 1 aliphatic carbocycles. The third-order valence-corrected chi connectivity index (χ3v) is 6.65. The van der Waals surface area contributed by atoms with Crippen LogP contribution in [0.25, 0.3) is 16.9 Å². The number of anilines is 1. The van der Waals surface area contributed by atoms with Crippen molar-refractivity contribution in [3.05, 3.63) is 71.9 Å². The highest BCUT2D eigenvalue weighted by Gasteiger charge is 2.16. The topological polar surface area (TPSA) is 91.5 Å². The van der Waals surface area contributed by atoms with Crippen LogP contribution < -0.4 is 16.1 Å². The number of phenols is 1. The lowest BCUT2D eigenvalue weighted by Gasteiger charge is -2.22. The van der Waals surface area contributed by atoms with Gasteiger partial charge in [-0.25, -0.2) is 4.98 Å². The van der Waals surface area contributed by atoms with E-state index in [4.69, 9.17) is 7.85 Å². The molecule has 2 aromatic heterocycles. The molecule has 0 aliphatic heterocycles. The highest BCUT2D eigenvalue weighted by atomic mass is 16.3. The number of carbonyl (C=O) groups excluding carboxylic acids is 1. The number of fused-ring (bicyclic) bond motifs is 1. The molecule has 0 saturated heterocycles. The lowest BCUT2D eigenvalue weighted by Crippen LogP contribution is -2.29. The van der Waals surface area contributed by atoms with Crippen molar-refractivity contribution in [3.63, 3.8) is 0 Å². The van der Waals surface area contributed by atoms with Gasteiger partial charge in [0.2, 0.25) is 0 Å². The highest BCUT2D eigenvalue weighted by Crippen LogP contribution is 2.32. The van der Waals surface area contributed by atoms with Gasteiger partial charge >= 0.3 is 0 Å². The fourth-order valence-corrected chi connectivity index (χ4v) is 4.75. The molecule has 176 valence electrons. The average molecular weight is 465 g/mol. The SMILES string of the molecule is [B]c1cnn2c(NCCNC(=O)c3ccc(C4CCCCC4)cc3)cc(-c3ccccc3O)nc12. The van der Waals surface area contributed by atoms with Crippen molar-refractivity contribution in [2.24, 2.45) is 0 Å². The van der Waals surface area contributed by atoms with Gasteiger partial charge in [-0.15, -0.1) is 0 Å². The molecule has 1 fully saturated rings. The van der Waals surface area contributed by atoms with E-state index in [-0.39, 0.29) is 11.7 Å². The molecule has 1 amide bonds. The number of hydrogen-bond donors (Lipinski definition) is 3. The van der Waals surface area contributed by atoms with Crippen molar-refractivity contribution in [3.8, 4) is 17.0 Å². The lowest BCUT2D eigenvalue weighted by atomic mass is 9.84. The second-order valence-corrected chi connectivity index (χ2v) is 9.02. The van der Waals surface area contributed by atoms with E-state index in [0.717, 1.165) is 0 Å². The third kappa shape index (κ3) is 5.01. The van der Waals surface area contributed by atoms with Crippen LogP contribution in [0.4, 0.5) is 5.82 Å². The van der Waals surface area contributed by atoms with Crippen LogP contribution >= 0.6 is 0 Å². The lowest BCUT2D eigenvalue weighted by molar-refractivity contribution is 0.0955. The first kappa shape index (κ1) is 23.0. The standard InChI is InChI=1S/C27H28BN5O2/c28-22-17-31-33-25(16-23(32-26(22)33)21-8-4-5-9-24(21)34)29-14-15-30-27(35)20-12-10-19(11-13-20)18-6-2-1-3-7-18/h4-5,8-13,16-18,29,34H,1-3,6-7,14-15H2,(H,30,35). The van der Waals surface area contributed by atoms with E-state index in [1.54, 1.807) is 35.0 Å². The first-order valence-electron chi connectivity index (χ1n) is 12.1. The van der Waals surface area contributed by atoms with Crippen molar-refractivity contribution in [1.29, 1.82) is 0 Å². The number of hydrogen-bond acceptors (Lipinski definition) is 5. The maximum absolute atomic E-state index is 12.6. The van der Waals surface area contributed by atoms with Gasteiger partial charge in [-0.1, -0.05) is 43.5 Å². The Labute approximate surface area is 206 Å². The zero-order chi connectivity index (χ0) is 24.2. The molecule has 4 aromatic rings. The fraction of sp³-hybridized carbons (Fsp3) is 0.296. The van der Waals surface area contributed by atoms with E-state index in [2.05, 4.69) is 32.8 Å². The summed E-state index contributed by atoms with van der Waals surface area (Å²) in [6.45, 7) is 0.903. The summed E-state index contributed by atoms with van der Waals surface area (Å²) < 4.78 is 1.62. The van der Waals surface area contributed by atoms with Crippen LogP contribution in [0.1, 0.15) is 53.9 Å². The molecule has 0 unspecified atom stereocenters. The maximum atomic E-state index is 12.6. The summed E-state index contributed by atoms with van der Waals surface area (Å²) in [5.41, 5.74) is 4.11. The molecule has 0 spiro atoms. The van der Waals surface area contributed by atoms with E-state index >= 15 is 0 Å². The van der Waals surface area contributed by atoms with Gasteiger partial charge in [-0.05, 0) is 54.1 Å². The molecule has 2 heterocycles. The summed E-state index contributed by atoms with van der Waals surface area (Å²) in [6.07, 6.45) is 7.95. The molecule has 1 aliphatic rings. The van der Waals surface area contributed by atoms with Crippen LogP contribution in [-0.4, -0.2) is 46.5 Å². The molecule has 2 aromatic carbocycles. The molecular weight excluding hydrogens is 437 g/mol. The molecule has 0 atom stereocenters. The van der Waals surface area contributed by atoms with Crippen molar-refractivity contribution < 1.29 is 9.90 Å². The Balaban J connectivity index is 1.23. The summed E-state index contributed by atoms with van der Waals surface area (Å²) >= 11 is 0. The number of aromatic hydroxyl groups is 1. The molecule has 3 N–H and O–H groups in total. The van der Waals surface area contributed by atoms with Gasteiger partial charge in [0.05, 0.1) is 5.69 Å². The molecule has 5 rings (SSSR count). The molecule has 35 heavy (non-hydrogen) atoms. The first-order valence-corrected chi connectivity index (χ1v) is 12.1. The molecular formula is C27H28BN5O2. The fourth-order valence-electron chi connectivity index (χ4n) is 4.75. The minimum atomic E-state index is -0.0971. The monoisotopic (exact) mass is 465 g/mol. The first-order chi connectivity index (χ1) is 17.1. The molecule has 0 bridgehead atoms. The van der Waals surface area contributed by atoms with Crippen molar-refractivity contribution in [2.75, 3.05) is 18.4 Å². The summed E-state index contributed by atoms with van der Waals surface area (Å²) in [5.74, 6) is 1.33. The molecule has 2 radical (unpaired) electrons. The Hall–Kier alpha value is -3.81. The van der Waals surface area contributed by atoms with E-state index in [9.17, 15) is 9.90 Å². The Morgan fingerprint density at radius 1 is 1.06 bits per heavy atom. The van der Waals surface area contributed by atoms with Gasteiger partial charge in [-0.3, -0.25) is 4.79 Å². The number of rotatable bonds is 7. The number of nitrogens with one attached hydrogen (secondary N) is 2. The second kappa shape index (κ2) is 10.2. The smallest absolute Gasteiger partial charge is 0.251 e. The second-order valence-electron chi connectivity index (χ2n) is 9.02. The van der Waals surface area contributed by atoms with Gasteiger partial charge in [-0.2, -0.15) is 9.61 Å². The van der Waals surface area contributed by atoms with Gasteiger partial charge in [0.15, 0.2) is 5.65 Å². The number of para-hydroxylation sites is 1. The van der Waals surface area contributed by atoms with Crippen LogP contribution in [-0.2, 0) is 0 Å². The van der Waals surface area contributed by atoms with Crippen LogP contribution in [0, 0.1) is 0 Å². The normalized spacial score (nSPS) is 14.2. The molecule has 8 heteroatoms. The third-order valence-electron chi connectivity index (χ3n) is 6.65. The number of phenolic OH excluding ortho intramolecular Hbond substituents is 1. The zero-order valence-electron chi connectivity index (χ0n) is 19.6. The largest absolute Gasteiger partial charge is 0.507 e. The summed E-state index contributed by atoms with van der Waals surface area (Å²) in [7, 11) is 6.05. The Kier molecular flexibility index (Phi) is 6.70. The number of carbonyl (C=O) groups is 1. The summed E-state index contributed by atoms with van der Waals surface area (Å²) in [5, 5.41) is 20.8. The van der Waals surface area contributed by atoms with Gasteiger partial charge in [0.25, 0.3) is 5.91 Å². The van der Waals surface area contributed by atoms with Crippen molar-refractivity contribution >= 4 is 30.7 Å². The summed E-state index contributed by atoms with van der Waals surface area (Å²) in [4.78, 5) is 17.2. The van der Waals surface area contributed by atoms with E-state index < -0.39 is 0 Å². The number of nitrogens with zero attached hydrogens (tertiary/aromatic N) is 3. The van der Waals surface area contributed by atoms with Crippen molar-refractivity contribution in [2.45, 2.75) is 38.0 Å². The number of aromatic nitrogens is 3. The Morgan fingerprint density at radius 3 is 2.60 bits per heavy atom. The van der Waals surface area contributed by atoms with Crippen LogP contribution in [0.15, 0.2) is 60.8 Å². The van der Waals surface area contributed by atoms with Gasteiger partial charge in [0, 0.05) is 36.5 Å². The van der Waals surface area contributed by atoms with Crippen LogP contribution in [0.2, 0.25) is 0 Å². The number of amides is 1. The van der Waals surface area contributed by atoms with Crippen LogP contribution in [0.5, 0.6) is 5.75 Å².